The van der Waals surface area contributed by atoms with E-state index in [2.05, 4.69) is 65.0 Å². The van der Waals surface area contributed by atoms with Crippen molar-refractivity contribution in [1.29, 1.82) is 0 Å². The second-order valence-corrected chi connectivity index (χ2v) is 7.11. The molecular formula is C22H28. The smallest absolute Gasteiger partial charge is 0.0215 e. The van der Waals surface area contributed by atoms with Crippen LogP contribution in [0.5, 0.6) is 0 Å². The molecule has 0 N–H and O–H groups in total. The Kier molecular flexibility index (Phi) is 3.89. The summed E-state index contributed by atoms with van der Waals surface area (Å²) >= 11 is 0. The molecule has 0 aromatic heterocycles. The minimum atomic E-state index is 0.235. The first kappa shape index (κ1) is 15.3. The molecule has 0 atom stereocenters. The van der Waals surface area contributed by atoms with Crippen LogP contribution in [0.4, 0.5) is 0 Å². The van der Waals surface area contributed by atoms with Gasteiger partial charge in [0.25, 0.3) is 0 Å². The maximum Gasteiger partial charge on any atom is 0.0215 e. The summed E-state index contributed by atoms with van der Waals surface area (Å²) in [6.45, 7) is 11.4. The van der Waals surface area contributed by atoms with Gasteiger partial charge < -0.3 is 0 Å². The van der Waals surface area contributed by atoms with Crippen LogP contribution in [0.15, 0.2) is 30.3 Å². The molecule has 116 valence electrons. The zero-order chi connectivity index (χ0) is 15.9. The lowest BCUT2D eigenvalue weighted by molar-refractivity contribution is 0.435. The lowest BCUT2D eigenvalue weighted by Crippen LogP contribution is -2.25. The van der Waals surface area contributed by atoms with E-state index in [1.54, 1.807) is 11.1 Å². The van der Waals surface area contributed by atoms with E-state index in [0.29, 0.717) is 0 Å². The van der Waals surface area contributed by atoms with Gasteiger partial charge in [0, 0.05) is 5.41 Å². The number of aryl methyl sites for hydroxylation is 3. The van der Waals surface area contributed by atoms with Crippen LogP contribution in [-0.4, -0.2) is 0 Å². The minimum Gasteiger partial charge on any atom is -0.0653 e. The molecule has 0 radical (unpaired) electrons. The van der Waals surface area contributed by atoms with E-state index in [0.717, 1.165) is 0 Å². The molecule has 2 aromatic carbocycles. The lowest BCUT2D eigenvalue weighted by atomic mass is 9.71. The molecule has 0 saturated heterocycles. The van der Waals surface area contributed by atoms with Crippen LogP contribution in [-0.2, 0) is 5.41 Å². The third-order valence-corrected chi connectivity index (χ3v) is 5.48. The van der Waals surface area contributed by atoms with Crippen LogP contribution in [0.2, 0.25) is 0 Å². The van der Waals surface area contributed by atoms with Crippen LogP contribution in [0.3, 0.4) is 0 Å². The van der Waals surface area contributed by atoms with Gasteiger partial charge in [-0.05, 0) is 67.0 Å². The average molecular weight is 292 g/mol. The summed E-state index contributed by atoms with van der Waals surface area (Å²) in [5.74, 6) is 0. The van der Waals surface area contributed by atoms with Crippen LogP contribution in [0.25, 0.3) is 11.1 Å². The second kappa shape index (κ2) is 5.57. The third kappa shape index (κ3) is 2.12. The third-order valence-electron chi connectivity index (χ3n) is 5.48. The zero-order valence-electron chi connectivity index (χ0n) is 14.7. The molecule has 0 nitrogen and oxygen atoms in total. The van der Waals surface area contributed by atoms with E-state index in [4.69, 9.17) is 0 Å². The van der Waals surface area contributed by atoms with Crippen molar-refractivity contribution in [1.82, 2.24) is 0 Å². The number of hydrogen-bond acceptors (Lipinski definition) is 0. The number of benzene rings is 2. The van der Waals surface area contributed by atoms with Gasteiger partial charge in [-0.15, -0.1) is 0 Å². The monoisotopic (exact) mass is 292 g/mol. The zero-order valence-corrected chi connectivity index (χ0v) is 14.7. The minimum absolute atomic E-state index is 0.235. The highest BCUT2D eigenvalue weighted by Crippen LogP contribution is 2.54. The fourth-order valence-electron chi connectivity index (χ4n) is 4.39. The predicted octanol–water partition coefficient (Wildman–Crippen LogP) is 6.48. The Balaban J connectivity index is 2.35. The molecule has 0 saturated carbocycles. The molecule has 0 heteroatoms. The van der Waals surface area contributed by atoms with E-state index < -0.39 is 0 Å². The number of rotatable bonds is 4. The summed E-state index contributed by atoms with van der Waals surface area (Å²) in [7, 11) is 0. The first-order chi connectivity index (χ1) is 10.5. The van der Waals surface area contributed by atoms with Gasteiger partial charge in [0.15, 0.2) is 0 Å². The van der Waals surface area contributed by atoms with Crippen molar-refractivity contribution in [2.24, 2.45) is 0 Å². The van der Waals surface area contributed by atoms with Crippen molar-refractivity contribution >= 4 is 0 Å². The van der Waals surface area contributed by atoms with Crippen LogP contribution in [0, 0.1) is 20.8 Å². The fraction of sp³-hybridized carbons (Fsp3) is 0.455. The van der Waals surface area contributed by atoms with Gasteiger partial charge >= 0.3 is 0 Å². The highest BCUT2D eigenvalue weighted by Gasteiger charge is 2.41. The normalized spacial score (nSPS) is 14.8. The molecule has 0 fully saturated rings. The molecular weight excluding hydrogens is 264 g/mol. The molecule has 0 aliphatic heterocycles. The second-order valence-electron chi connectivity index (χ2n) is 7.11. The molecule has 22 heavy (non-hydrogen) atoms. The van der Waals surface area contributed by atoms with Crippen molar-refractivity contribution in [3.8, 4) is 11.1 Å². The van der Waals surface area contributed by atoms with Crippen LogP contribution >= 0.6 is 0 Å². The van der Waals surface area contributed by atoms with E-state index >= 15 is 0 Å². The Hall–Kier alpha value is -1.56. The Labute approximate surface area is 135 Å². The van der Waals surface area contributed by atoms with Gasteiger partial charge in [-0.2, -0.15) is 0 Å². The average Bonchev–Trinajstić information content (AvgIpc) is 2.71. The Morgan fingerprint density at radius 1 is 0.727 bits per heavy atom. The highest BCUT2D eigenvalue weighted by atomic mass is 14.4. The van der Waals surface area contributed by atoms with Gasteiger partial charge in [0.05, 0.1) is 0 Å². The van der Waals surface area contributed by atoms with Crippen molar-refractivity contribution in [2.75, 3.05) is 0 Å². The Bertz CT molecular complexity index is 700. The molecule has 0 heterocycles. The summed E-state index contributed by atoms with van der Waals surface area (Å²) < 4.78 is 0. The summed E-state index contributed by atoms with van der Waals surface area (Å²) in [6, 6.07) is 12.0. The fourth-order valence-corrected chi connectivity index (χ4v) is 4.39. The molecule has 0 amide bonds. The van der Waals surface area contributed by atoms with E-state index in [-0.39, 0.29) is 5.41 Å². The standard InChI is InChI=1S/C22H28/c1-6-10-22(11-7-2)20-12-15(3)8-9-18(20)19-13-16(4)17(5)14-21(19)22/h8-9,12-14H,6-7,10-11H2,1-5H3. The van der Waals surface area contributed by atoms with Crippen molar-refractivity contribution in [3.05, 3.63) is 58.1 Å². The van der Waals surface area contributed by atoms with Gasteiger partial charge in [-0.1, -0.05) is 62.6 Å². The summed E-state index contributed by atoms with van der Waals surface area (Å²) in [6.07, 6.45) is 4.99. The molecule has 1 aliphatic carbocycles. The largest absolute Gasteiger partial charge is 0.0653 e. The topological polar surface area (TPSA) is 0 Å². The first-order valence-corrected chi connectivity index (χ1v) is 8.76. The summed E-state index contributed by atoms with van der Waals surface area (Å²) in [4.78, 5) is 0. The molecule has 2 aromatic rings. The number of fused-ring (bicyclic) bond motifs is 3. The Morgan fingerprint density at radius 2 is 1.32 bits per heavy atom. The van der Waals surface area contributed by atoms with Crippen LogP contribution < -0.4 is 0 Å². The number of hydrogen-bond donors (Lipinski definition) is 0. The first-order valence-electron chi connectivity index (χ1n) is 8.76. The van der Waals surface area contributed by atoms with Crippen molar-refractivity contribution in [2.45, 2.75) is 65.7 Å². The van der Waals surface area contributed by atoms with Crippen molar-refractivity contribution < 1.29 is 0 Å². The maximum absolute atomic E-state index is 2.48. The van der Waals surface area contributed by atoms with Gasteiger partial charge in [-0.25, -0.2) is 0 Å². The van der Waals surface area contributed by atoms with Gasteiger partial charge in [-0.3, -0.25) is 0 Å². The molecule has 1 aliphatic rings. The van der Waals surface area contributed by atoms with Gasteiger partial charge in [0.1, 0.15) is 0 Å². The van der Waals surface area contributed by atoms with Gasteiger partial charge in [0.2, 0.25) is 0 Å². The lowest BCUT2D eigenvalue weighted by Gasteiger charge is -2.32. The Morgan fingerprint density at radius 3 is 1.95 bits per heavy atom. The molecule has 0 spiro atoms. The summed E-state index contributed by atoms with van der Waals surface area (Å²) in [5, 5.41) is 0. The highest BCUT2D eigenvalue weighted by molar-refractivity contribution is 5.82. The molecule has 0 bridgehead atoms. The van der Waals surface area contributed by atoms with Crippen LogP contribution in [0.1, 0.15) is 67.3 Å². The molecule has 0 unspecified atom stereocenters. The van der Waals surface area contributed by atoms with E-state index in [1.807, 2.05) is 0 Å². The van der Waals surface area contributed by atoms with E-state index in [9.17, 15) is 0 Å². The SMILES string of the molecule is CCCC1(CCC)c2cc(C)ccc2-c2cc(C)c(C)cc21. The summed E-state index contributed by atoms with van der Waals surface area (Å²) in [5.41, 5.74) is 10.6. The van der Waals surface area contributed by atoms with Crippen molar-refractivity contribution in [3.63, 3.8) is 0 Å². The maximum atomic E-state index is 2.48. The predicted molar refractivity (Wildman–Crippen MR) is 96.7 cm³/mol. The molecule has 3 rings (SSSR count). The quantitative estimate of drug-likeness (QED) is 0.605. The van der Waals surface area contributed by atoms with E-state index in [1.165, 1.54) is 53.5 Å².